The molecule has 0 spiro atoms. The first-order chi connectivity index (χ1) is 8.69. The number of hydrogen-bond donors (Lipinski definition) is 1. The predicted molar refractivity (Wildman–Crippen MR) is 71.4 cm³/mol. The Bertz CT molecular complexity index is 418. The number of aliphatic hydroxyl groups is 1. The Morgan fingerprint density at radius 1 is 1.50 bits per heavy atom. The van der Waals surface area contributed by atoms with Gasteiger partial charge in [0.2, 0.25) is 5.91 Å². The van der Waals surface area contributed by atoms with Crippen LogP contribution in [0.1, 0.15) is 6.42 Å². The zero-order valence-electron chi connectivity index (χ0n) is 10.0. The quantitative estimate of drug-likeness (QED) is 0.899. The molecule has 0 aliphatic carbocycles. The summed E-state index contributed by atoms with van der Waals surface area (Å²) >= 11 is 3.36. The summed E-state index contributed by atoms with van der Waals surface area (Å²) in [4.78, 5) is 13.5. The van der Waals surface area contributed by atoms with Crippen LogP contribution in [0.4, 0.5) is 0 Å². The van der Waals surface area contributed by atoms with Gasteiger partial charge in [-0.25, -0.2) is 0 Å². The van der Waals surface area contributed by atoms with Gasteiger partial charge in [-0.3, -0.25) is 4.79 Å². The molecule has 5 heteroatoms. The van der Waals surface area contributed by atoms with Crippen LogP contribution >= 0.6 is 15.9 Å². The van der Waals surface area contributed by atoms with Crippen molar-refractivity contribution >= 4 is 21.8 Å². The average Bonchev–Trinajstić information content (AvgIpc) is 2.27. The van der Waals surface area contributed by atoms with E-state index in [-0.39, 0.29) is 18.4 Å². The number of aliphatic hydroxyl groups excluding tert-OH is 1. The molecular weight excluding hydrogens is 298 g/mol. The highest BCUT2D eigenvalue weighted by Crippen LogP contribution is 2.19. The first-order valence-electron chi connectivity index (χ1n) is 5.96. The highest BCUT2D eigenvalue weighted by molar-refractivity contribution is 9.10. The number of hydrogen-bond acceptors (Lipinski definition) is 3. The summed E-state index contributed by atoms with van der Waals surface area (Å²) in [6.07, 6.45) is 0.380. The molecule has 98 valence electrons. The minimum atomic E-state index is 0.0923. The zero-order valence-corrected chi connectivity index (χ0v) is 11.6. The van der Waals surface area contributed by atoms with Crippen molar-refractivity contribution in [2.45, 2.75) is 6.42 Å². The standard InChI is InChI=1S/C13H16BrNO3/c14-11-2-1-3-12(6-11)18-5-4-13(17)15-7-10(8-15)9-16/h1-3,6,10,16H,4-5,7-9H2. The summed E-state index contributed by atoms with van der Waals surface area (Å²) in [6, 6.07) is 7.55. The molecule has 2 rings (SSSR count). The van der Waals surface area contributed by atoms with Crippen LogP contribution in [0.2, 0.25) is 0 Å². The Balaban J connectivity index is 1.68. The topological polar surface area (TPSA) is 49.8 Å². The normalized spacial score (nSPS) is 15.3. The number of likely N-dealkylation sites (tertiary alicyclic amines) is 1. The third-order valence-electron chi connectivity index (χ3n) is 2.95. The van der Waals surface area contributed by atoms with Gasteiger partial charge in [-0.2, -0.15) is 0 Å². The van der Waals surface area contributed by atoms with Crippen molar-refractivity contribution in [3.63, 3.8) is 0 Å². The Morgan fingerprint density at radius 3 is 2.94 bits per heavy atom. The lowest BCUT2D eigenvalue weighted by Gasteiger charge is -2.38. The van der Waals surface area contributed by atoms with Gasteiger partial charge in [0.1, 0.15) is 5.75 Å². The second kappa shape index (κ2) is 6.20. The fraction of sp³-hybridized carbons (Fsp3) is 0.462. The van der Waals surface area contributed by atoms with Gasteiger partial charge in [-0.15, -0.1) is 0 Å². The van der Waals surface area contributed by atoms with Gasteiger partial charge in [-0.1, -0.05) is 22.0 Å². The first-order valence-corrected chi connectivity index (χ1v) is 6.75. The molecule has 1 N–H and O–H groups in total. The van der Waals surface area contributed by atoms with Crippen molar-refractivity contribution in [1.82, 2.24) is 4.90 Å². The lowest BCUT2D eigenvalue weighted by Crippen LogP contribution is -2.51. The zero-order chi connectivity index (χ0) is 13.0. The molecule has 0 aromatic heterocycles. The minimum absolute atomic E-state index is 0.0923. The maximum Gasteiger partial charge on any atom is 0.226 e. The molecule has 1 fully saturated rings. The van der Waals surface area contributed by atoms with Crippen molar-refractivity contribution in [3.8, 4) is 5.75 Å². The summed E-state index contributed by atoms with van der Waals surface area (Å²) in [5, 5.41) is 8.87. The first kappa shape index (κ1) is 13.4. The largest absolute Gasteiger partial charge is 0.493 e. The fourth-order valence-corrected chi connectivity index (χ4v) is 2.24. The predicted octanol–water partition coefficient (Wildman–Crippen LogP) is 1.67. The van der Waals surface area contributed by atoms with Crippen molar-refractivity contribution in [2.24, 2.45) is 5.92 Å². The van der Waals surface area contributed by atoms with Crippen molar-refractivity contribution in [2.75, 3.05) is 26.3 Å². The van der Waals surface area contributed by atoms with Crippen LogP contribution in [-0.4, -0.2) is 42.2 Å². The molecule has 0 bridgehead atoms. The number of rotatable bonds is 5. The number of halogens is 1. The summed E-state index contributed by atoms with van der Waals surface area (Å²) < 4.78 is 6.46. The van der Waals surface area contributed by atoms with Crippen molar-refractivity contribution in [3.05, 3.63) is 28.7 Å². The summed E-state index contributed by atoms with van der Waals surface area (Å²) in [5.74, 6) is 1.11. The molecule has 0 saturated carbocycles. The molecule has 1 saturated heterocycles. The van der Waals surface area contributed by atoms with Crippen LogP contribution in [0.15, 0.2) is 28.7 Å². The van der Waals surface area contributed by atoms with E-state index >= 15 is 0 Å². The maximum absolute atomic E-state index is 11.7. The number of nitrogens with zero attached hydrogens (tertiary/aromatic N) is 1. The lowest BCUT2D eigenvalue weighted by molar-refractivity contribution is -0.138. The number of benzene rings is 1. The number of ether oxygens (including phenoxy) is 1. The van der Waals surface area contributed by atoms with Crippen molar-refractivity contribution in [1.29, 1.82) is 0 Å². The molecule has 1 aromatic rings. The highest BCUT2D eigenvalue weighted by Gasteiger charge is 2.29. The van der Waals surface area contributed by atoms with Gasteiger partial charge < -0.3 is 14.7 Å². The molecule has 1 aliphatic rings. The van der Waals surface area contributed by atoms with Crippen LogP contribution in [0.3, 0.4) is 0 Å². The maximum atomic E-state index is 11.7. The van der Waals surface area contributed by atoms with E-state index in [1.54, 1.807) is 4.90 Å². The van der Waals surface area contributed by atoms with Crippen LogP contribution in [-0.2, 0) is 4.79 Å². The van der Waals surface area contributed by atoms with Gasteiger partial charge in [0, 0.05) is 30.1 Å². The molecule has 1 amide bonds. The summed E-state index contributed by atoms with van der Waals surface area (Å²) in [5.41, 5.74) is 0. The molecule has 1 aliphatic heterocycles. The van der Waals surface area contributed by atoms with Crippen LogP contribution in [0.25, 0.3) is 0 Å². The highest BCUT2D eigenvalue weighted by atomic mass is 79.9. The van der Waals surface area contributed by atoms with E-state index in [2.05, 4.69) is 15.9 Å². The molecule has 0 unspecified atom stereocenters. The van der Waals surface area contributed by atoms with E-state index in [0.29, 0.717) is 26.1 Å². The van der Waals surface area contributed by atoms with E-state index in [1.807, 2.05) is 24.3 Å². The van der Waals surface area contributed by atoms with Gasteiger partial charge in [0.05, 0.1) is 13.0 Å². The monoisotopic (exact) mass is 313 g/mol. The molecule has 1 aromatic carbocycles. The Hall–Kier alpha value is -1.07. The Morgan fingerprint density at radius 2 is 2.28 bits per heavy atom. The summed E-state index contributed by atoms with van der Waals surface area (Å²) in [6.45, 7) is 1.90. The molecule has 4 nitrogen and oxygen atoms in total. The second-order valence-electron chi connectivity index (χ2n) is 4.40. The minimum Gasteiger partial charge on any atom is -0.493 e. The third kappa shape index (κ3) is 3.46. The van der Waals surface area contributed by atoms with E-state index in [9.17, 15) is 4.79 Å². The average molecular weight is 314 g/mol. The van der Waals surface area contributed by atoms with Crippen LogP contribution < -0.4 is 4.74 Å². The molecule has 18 heavy (non-hydrogen) atoms. The van der Waals surface area contributed by atoms with Crippen molar-refractivity contribution < 1.29 is 14.6 Å². The van der Waals surface area contributed by atoms with E-state index in [1.165, 1.54) is 0 Å². The Kier molecular flexibility index (Phi) is 4.60. The van der Waals surface area contributed by atoms with Gasteiger partial charge in [0.25, 0.3) is 0 Å². The Labute approximate surface area is 115 Å². The summed E-state index contributed by atoms with van der Waals surface area (Å²) in [7, 11) is 0. The molecule has 0 atom stereocenters. The number of carbonyl (C=O) groups excluding carboxylic acids is 1. The van der Waals surface area contributed by atoms with Gasteiger partial charge in [-0.05, 0) is 18.2 Å². The van der Waals surface area contributed by atoms with Gasteiger partial charge in [0.15, 0.2) is 0 Å². The molecule has 1 heterocycles. The molecular formula is C13H16BrNO3. The lowest BCUT2D eigenvalue weighted by atomic mass is 10.0. The number of amides is 1. The van der Waals surface area contributed by atoms with E-state index in [0.717, 1.165) is 10.2 Å². The third-order valence-corrected chi connectivity index (χ3v) is 3.44. The molecule has 0 radical (unpaired) electrons. The van der Waals surface area contributed by atoms with Crippen LogP contribution in [0.5, 0.6) is 5.75 Å². The second-order valence-corrected chi connectivity index (χ2v) is 5.32. The van der Waals surface area contributed by atoms with Crippen LogP contribution in [0, 0.1) is 5.92 Å². The number of carbonyl (C=O) groups is 1. The SMILES string of the molecule is O=C(CCOc1cccc(Br)c1)N1CC(CO)C1. The van der Waals surface area contributed by atoms with Gasteiger partial charge >= 0.3 is 0 Å². The van der Waals surface area contributed by atoms with E-state index < -0.39 is 0 Å². The fourth-order valence-electron chi connectivity index (χ4n) is 1.86. The smallest absolute Gasteiger partial charge is 0.226 e. The van der Waals surface area contributed by atoms with E-state index in [4.69, 9.17) is 9.84 Å².